The van der Waals surface area contributed by atoms with E-state index in [1.165, 1.54) is 57.4 Å². The second-order valence-corrected chi connectivity index (χ2v) is 27.3. The Balaban J connectivity index is 0.000000184. The summed E-state index contributed by atoms with van der Waals surface area (Å²) in [6, 6.07) is 15.7. The number of nitrogens with zero attached hydrogens (tertiary/aromatic N) is 9. The smallest absolute Gasteiger partial charge is 0.410 e. The third kappa shape index (κ3) is 24.6. The lowest BCUT2D eigenvalue weighted by molar-refractivity contribution is -0.121. The number of ether oxygens (including phenoxy) is 5. The molecule has 10 heterocycles. The summed E-state index contributed by atoms with van der Waals surface area (Å²) in [5.41, 5.74) is 0.342. The van der Waals surface area contributed by atoms with Crippen LogP contribution in [0.5, 0.6) is 0 Å². The monoisotopic (exact) mass is 1280 g/mol. The van der Waals surface area contributed by atoms with E-state index in [2.05, 4.69) is 63.1 Å². The summed E-state index contributed by atoms with van der Waals surface area (Å²) in [6.07, 6.45) is 24.3. The van der Waals surface area contributed by atoms with Crippen molar-refractivity contribution in [2.75, 3.05) is 105 Å². The van der Waals surface area contributed by atoms with Crippen LogP contribution in [0.25, 0.3) is 0 Å². The highest BCUT2D eigenvalue weighted by Gasteiger charge is 2.41. The first-order valence-corrected chi connectivity index (χ1v) is 32.5. The van der Waals surface area contributed by atoms with Crippen LogP contribution >= 0.6 is 15.9 Å². The van der Waals surface area contributed by atoms with Gasteiger partial charge in [0.05, 0.1) is 30.0 Å². The van der Waals surface area contributed by atoms with E-state index in [0.29, 0.717) is 71.6 Å². The van der Waals surface area contributed by atoms with Gasteiger partial charge in [-0.3, -0.25) is 24.7 Å². The third-order valence-electron chi connectivity index (χ3n) is 16.0. The zero-order valence-electron chi connectivity index (χ0n) is 54.1. The van der Waals surface area contributed by atoms with Crippen molar-refractivity contribution in [3.63, 3.8) is 0 Å². The van der Waals surface area contributed by atoms with E-state index in [1.54, 1.807) is 45.7 Å². The maximum absolute atomic E-state index is 12.4. The van der Waals surface area contributed by atoms with Crippen molar-refractivity contribution in [3.8, 4) is 0 Å². The lowest BCUT2D eigenvalue weighted by atomic mass is 9.85. The van der Waals surface area contributed by atoms with Gasteiger partial charge in [0, 0.05) is 136 Å². The fourth-order valence-electron chi connectivity index (χ4n) is 11.2. The van der Waals surface area contributed by atoms with E-state index < -0.39 is 22.4 Å². The van der Waals surface area contributed by atoms with Crippen LogP contribution in [0.3, 0.4) is 0 Å². The summed E-state index contributed by atoms with van der Waals surface area (Å²) in [7, 11) is 0. The van der Waals surface area contributed by atoms with Crippen LogP contribution in [0, 0.1) is 0 Å². The molecule has 6 aliphatic heterocycles. The minimum absolute atomic E-state index is 0.126. The van der Waals surface area contributed by atoms with Gasteiger partial charge in [-0.1, -0.05) is 18.2 Å². The lowest BCUT2D eigenvalue weighted by Crippen LogP contribution is -2.48. The largest absolute Gasteiger partial charge is 0.444 e. The van der Waals surface area contributed by atoms with Crippen LogP contribution in [-0.4, -0.2) is 195 Å². The van der Waals surface area contributed by atoms with Crippen LogP contribution in [0.1, 0.15) is 156 Å². The molecule has 0 bridgehead atoms. The molecule has 21 heteroatoms. The van der Waals surface area contributed by atoms with Gasteiger partial charge in [0.15, 0.2) is 0 Å². The van der Waals surface area contributed by atoms with Gasteiger partial charge in [0.25, 0.3) is 0 Å². The molecule has 2 N–H and O–H groups in total. The minimum Gasteiger partial charge on any atom is -0.444 e. The number of Topliss-reactive ketones (excluding diaryl/α,β-unsaturated/α-hetero) is 1. The van der Waals surface area contributed by atoms with Gasteiger partial charge in [0.2, 0.25) is 0 Å². The number of carbonyl (C=O) groups is 4. The zero-order chi connectivity index (χ0) is 63.7. The molecule has 0 aromatic carbocycles. The van der Waals surface area contributed by atoms with Crippen LogP contribution in [0.2, 0.25) is 0 Å². The highest BCUT2D eigenvalue weighted by molar-refractivity contribution is 9.10. The van der Waals surface area contributed by atoms with Crippen LogP contribution in [-0.2, 0) is 45.3 Å². The van der Waals surface area contributed by atoms with Gasteiger partial charge in [-0.15, -0.1) is 0 Å². The first-order chi connectivity index (χ1) is 41.8. The average molecular weight is 1290 g/mol. The molecule has 0 saturated carbocycles. The Morgan fingerprint density at radius 3 is 1.19 bits per heavy atom. The average Bonchev–Trinajstić information content (AvgIpc) is 4.48. The van der Waals surface area contributed by atoms with Gasteiger partial charge < -0.3 is 58.6 Å². The maximum atomic E-state index is 12.4. The van der Waals surface area contributed by atoms with Gasteiger partial charge in [-0.25, -0.2) is 14.4 Å². The van der Waals surface area contributed by atoms with E-state index in [9.17, 15) is 24.3 Å². The number of aliphatic hydroxyl groups is 1. The molecule has 0 radical (unpaired) electrons. The predicted octanol–water partition coefficient (Wildman–Crippen LogP) is 10.9. The summed E-state index contributed by atoms with van der Waals surface area (Å²) in [5.74, 6) is 0.227. The van der Waals surface area contributed by atoms with Crippen LogP contribution in [0.15, 0.2) is 103 Å². The Hall–Kier alpha value is -5.68. The van der Waals surface area contributed by atoms with Gasteiger partial charge in [-0.05, 0) is 212 Å². The summed E-state index contributed by atoms with van der Waals surface area (Å²) in [6.45, 7) is 30.4. The molecule has 0 spiro atoms. The molecule has 10 rings (SSSR count). The second kappa shape index (κ2) is 34.5. The normalized spacial score (nSPS) is 19.4. The van der Waals surface area contributed by atoms with E-state index in [-0.39, 0.29) is 35.3 Å². The Bertz CT molecular complexity index is 2660. The van der Waals surface area contributed by atoms with E-state index >= 15 is 0 Å². The summed E-state index contributed by atoms with van der Waals surface area (Å²) < 4.78 is 30.0. The quantitative estimate of drug-likeness (QED) is 0.134. The van der Waals surface area contributed by atoms with Crippen molar-refractivity contribution in [2.45, 2.75) is 173 Å². The number of piperidine rings is 4. The lowest BCUT2D eigenvalue weighted by Gasteiger charge is -2.42. The highest BCUT2D eigenvalue weighted by Crippen LogP contribution is 2.38. The van der Waals surface area contributed by atoms with Crippen LogP contribution in [0.4, 0.5) is 14.4 Å². The Labute approximate surface area is 532 Å². The number of pyridine rings is 4. The van der Waals surface area contributed by atoms with Gasteiger partial charge in [-0.2, -0.15) is 0 Å². The van der Waals surface area contributed by atoms with Crippen molar-refractivity contribution in [3.05, 3.63) is 119 Å². The number of hydrogen-bond acceptors (Lipinski definition) is 17. The molecule has 6 aliphatic rings. The third-order valence-corrected chi connectivity index (χ3v) is 16.5. The topological polar surface area (TPSA) is 214 Å². The Morgan fingerprint density at radius 2 is 0.852 bits per heavy atom. The number of halogens is 1. The summed E-state index contributed by atoms with van der Waals surface area (Å²) >= 11 is 3.25. The molecule has 0 atom stereocenters. The standard InChI is InChI=1S/C21H33N3O3.C16H25N3O.C15H22N2O3.C10H17NO3.C5H4BrN/c1-20(2,3)27-19(25)24-13-8-21(9-14-24,18-7-6-10-22-17-18)26-16-15-23-11-4-5-12-23;1-2-11-19(10-1)12-13-20-16(5-8-17-9-6-16)15-4-3-7-18-14-15;1-14(2,3)20-13(18)17-9-6-15(19,7-10-17)12-5-4-8-16-11-12;1-10(2,3)14-9(13)11-6-4-8(12)5-7-11;6-5-2-1-3-7-4-5/h6-7,10,17H,4-5,8-9,11-16H2,1-3H3;3-4,7,14,17H,1-2,5-6,8-13H2;4-5,8,11,19H,6-7,9-10H2,1-3H3;4-7H2,1-3H3;1-4H. The van der Waals surface area contributed by atoms with Crippen molar-refractivity contribution in [1.29, 1.82) is 0 Å². The molecular weight excluding hydrogens is 1180 g/mol. The molecule has 0 aliphatic carbocycles. The fourth-order valence-corrected chi connectivity index (χ4v) is 11.4. The number of ketones is 1. The van der Waals surface area contributed by atoms with Crippen molar-refractivity contribution in [2.24, 2.45) is 0 Å². The SMILES string of the molecule is Brc1cccnc1.CC(C)(C)OC(=O)N1CCC(=O)CC1.CC(C)(C)OC(=O)N1CCC(O)(c2cccnc2)CC1.CC(C)(C)OC(=O)N1CCC(OCCN2CCCC2)(c2cccnc2)CC1.c1cncc(C2(OCCN3CCCC3)CCNCC2)c1. The fraction of sp³-hybridized carbons (Fsp3) is 0.642. The van der Waals surface area contributed by atoms with Crippen molar-refractivity contribution in [1.82, 2.24) is 49.8 Å². The van der Waals surface area contributed by atoms with E-state index in [0.717, 1.165) is 74.1 Å². The summed E-state index contributed by atoms with van der Waals surface area (Å²) in [4.78, 5) is 73.3. The highest BCUT2D eigenvalue weighted by atomic mass is 79.9. The van der Waals surface area contributed by atoms with Gasteiger partial charge >= 0.3 is 18.3 Å². The number of nitrogens with one attached hydrogen (secondary N) is 1. The molecule has 6 fully saturated rings. The molecule has 3 amide bonds. The minimum atomic E-state index is -0.896. The summed E-state index contributed by atoms with van der Waals surface area (Å²) in [5, 5.41) is 14.1. The molecular formula is C67H101BrN10O10. The van der Waals surface area contributed by atoms with E-state index in [1.807, 2.05) is 117 Å². The number of carbonyl (C=O) groups excluding carboxylic acids is 4. The molecule has 4 aromatic heterocycles. The first kappa shape index (κ1) is 71.4. The number of aromatic nitrogens is 4. The number of amides is 3. The molecule has 6 saturated heterocycles. The molecule has 0 unspecified atom stereocenters. The number of hydrogen-bond donors (Lipinski definition) is 2. The second-order valence-electron chi connectivity index (χ2n) is 26.4. The van der Waals surface area contributed by atoms with Crippen molar-refractivity contribution >= 4 is 40.0 Å². The number of rotatable bonds is 11. The van der Waals surface area contributed by atoms with E-state index in [4.69, 9.17) is 23.7 Å². The van der Waals surface area contributed by atoms with Crippen molar-refractivity contribution < 1.29 is 48.0 Å². The van der Waals surface area contributed by atoms with Crippen LogP contribution < -0.4 is 5.32 Å². The molecule has 4 aromatic rings. The molecule has 20 nitrogen and oxygen atoms in total. The van der Waals surface area contributed by atoms with Gasteiger partial charge in [0.1, 0.15) is 22.6 Å². The Morgan fingerprint density at radius 1 is 0.500 bits per heavy atom. The Kier molecular flexibility index (Phi) is 28.0. The zero-order valence-corrected chi connectivity index (χ0v) is 55.6. The molecule has 88 heavy (non-hydrogen) atoms. The maximum Gasteiger partial charge on any atom is 0.410 e. The number of likely N-dealkylation sites (tertiary alicyclic amines) is 5. The first-order valence-electron chi connectivity index (χ1n) is 31.7. The predicted molar refractivity (Wildman–Crippen MR) is 343 cm³/mol. The molecule has 486 valence electrons.